The van der Waals surface area contributed by atoms with Crippen molar-refractivity contribution in [3.8, 4) is 0 Å². The van der Waals surface area contributed by atoms with Gasteiger partial charge in [0.2, 0.25) is 0 Å². The first-order valence-electron chi connectivity index (χ1n) is 8.64. The minimum absolute atomic E-state index is 0.127. The molecular formula is C19H18N4O4. The monoisotopic (exact) mass is 366 g/mol. The highest BCUT2D eigenvalue weighted by molar-refractivity contribution is 5.97. The van der Waals surface area contributed by atoms with E-state index in [-0.39, 0.29) is 11.8 Å². The van der Waals surface area contributed by atoms with E-state index in [1.165, 1.54) is 4.57 Å². The van der Waals surface area contributed by atoms with Crippen LogP contribution < -0.4 is 5.76 Å². The third-order valence-electron chi connectivity index (χ3n) is 4.78. The van der Waals surface area contributed by atoms with Crippen LogP contribution in [0.4, 0.5) is 0 Å². The predicted molar refractivity (Wildman–Crippen MR) is 97.5 cm³/mol. The number of aryl methyl sites for hydroxylation is 1. The van der Waals surface area contributed by atoms with Crippen LogP contribution in [0.15, 0.2) is 51.8 Å². The Kier molecular flexibility index (Phi) is 4.23. The number of hydrogen-bond donors (Lipinski definition) is 0. The van der Waals surface area contributed by atoms with E-state index >= 15 is 0 Å². The molecule has 1 fully saturated rings. The second-order valence-corrected chi connectivity index (χ2v) is 6.41. The van der Waals surface area contributed by atoms with Gasteiger partial charge in [-0.2, -0.15) is 0 Å². The summed E-state index contributed by atoms with van der Waals surface area (Å²) in [6, 6.07) is 10.2. The maximum absolute atomic E-state index is 12.8. The van der Waals surface area contributed by atoms with Gasteiger partial charge in [-0.1, -0.05) is 6.07 Å². The van der Waals surface area contributed by atoms with E-state index in [1.807, 2.05) is 0 Å². The molecule has 0 radical (unpaired) electrons. The molecule has 0 bridgehead atoms. The lowest BCUT2D eigenvalue weighted by molar-refractivity contribution is 0.0532. The van der Waals surface area contributed by atoms with Gasteiger partial charge in [0.1, 0.15) is 5.69 Å². The van der Waals surface area contributed by atoms with Gasteiger partial charge in [0, 0.05) is 45.0 Å². The quantitative estimate of drug-likeness (QED) is 0.678. The Bertz CT molecular complexity index is 1060. The number of amides is 2. The van der Waals surface area contributed by atoms with Gasteiger partial charge in [0.25, 0.3) is 11.8 Å². The molecule has 8 nitrogen and oxygen atoms in total. The second-order valence-electron chi connectivity index (χ2n) is 6.41. The number of carbonyl (C=O) groups is 2. The highest BCUT2D eigenvalue weighted by Crippen LogP contribution is 2.17. The number of pyridine rings is 1. The summed E-state index contributed by atoms with van der Waals surface area (Å²) in [7, 11) is 1.60. The average Bonchev–Trinajstić information content (AvgIpc) is 3.01. The number of fused-ring (bicyclic) bond motifs is 1. The van der Waals surface area contributed by atoms with E-state index in [0.717, 1.165) is 0 Å². The number of carbonyl (C=O) groups excluding carboxylic acids is 2. The van der Waals surface area contributed by atoms with Gasteiger partial charge in [-0.05, 0) is 30.3 Å². The van der Waals surface area contributed by atoms with Crippen molar-refractivity contribution in [2.24, 2.45) is 7.05 Å². The summed E-state index contributed by atoms with van der Waals surface area (Å²) in [6.45, 7) is 1.79. The molecule has 138 valence electrons. The number of nitrogens with zero attached hydrogens (tertiary/aromatic N) is 4. The largest absolute Gasteiger partial charge is 0.419 e. The predicted octanol–water partition coefficient (Wildman–Crippen LogP) is 1.12. The van der Waals surface area contributed by atoms with Gasteiger partial charge >= 0.3 is 5.76 Å². The maximum atomic E-state index is 12.8. The second kappa shape index (κ2) is 6.71. The van der Waals surface area contributed by atoms with Crippen LogP contribution in [0.5, 0.6) is 0 Å². The topological polar surface area (TPSA) is 88.7 Å². The summed E-state index contributed by atoms with van der Waals surface area (Å²) in [5, 5.41) is 0. The molecule has 0 unspecified atom stereocenters. The van der Waals surface area contributed by atoms with Gasteiger partial charge in [-0.15, -0.1) is 0 Å². The van der Waals surface area contributed by atoms with Crippen LogP contribution in [0.25, 0.3) is 11.1 Å². The van der Waals surface area contributed by atoms with Crippen LogP contribution in [-0.2, 0) is 7.05 Å². The summed E-state index contributed by atoms with van der Waals surface area (Å²) >= 11 is 0. The number of aromatic nitrogens is 2. The van der Waals surface area contributed by atoms with Gasteiger partial charge in [0.05, 0.1) is 5.52 Å². The van der Waals surface area contributed by atoms with Crippen molar-refractivity contribution in [2.45, 2.75) is 0 Å². The SMILES string of the molecule is Cn1c(=O)oc2ccc(C(=O)N3CCN(C(=O)c4ccccn4)CC3)cc21. The van der Waals surface area contributed by atoms with E-state index in [0.29, 0.717) is 48.5 Å². The van der Waals surface area contributed by atoms with Crippen molar-refractivity contribution in [1.82, 2.24) is 19.4 Å². The van der Waals surface area contributed by atoms with Crippen molar-refractivity contribution in [3.05, 3.63) is 64.4 Å². The molecule has 1 saturated heterocycles. The summed E-state index contributed by atoms with van der Waals surface area (Å²) in [4.78, 5) is 44.3. The Morgan fingerprint density at radius 2 is 1.70 bits per heavy atom. The molecule has 27 heavy (non-hydrogen) atoms. The highest BCUT2D eigenvalue weighted by Gasteiger charge is 2.26. The highest BCUT2D eigenvalue weighted by atomic mass is 16.4. The molecule has 1 aliphatic rings. The molecule has 0 N–H and O–H groups in total. The Morgan fingerprint density at radius 3 is 2.37 bits per heavy atom. The fourth-order valence-electron chi connectivity index (χ4n) is 3.21. The molecule has 1 aromatic carbocycles. The minimum atomic E-state index is -0.462. The van der Waals surface area contributed by atoms with E-state index in [2.05, 4.69) is 4.98 Å². The Morgan fingerprint density at radius 1 is 1.00 bits per heavy atom. The molecule has 0 atom stereocenters. The van der Waals surface area contributed by atoms with Crippen LogP contribution in [0, 0.1) is 0 Å². The van der Waals surface area contributed by atoms with Crippen LogP contribution >= 0.6 is 0 Å². The first-order valence-corrected chi connectivity index (χ1v) is 8.64. The summed E-state index contributed by atoms with van der Waals surface area (Å²) in [5.41, 5.74) is 1.92. The van der Waals surface area contributed by atoms with Crippen molar-refractivity contribution in [3.63, 3.8) is 0 Å². The third kappa shape index (κ3) is 3.10. The van der Waals surface area contributed by atoms with Crippen molar-refractivity contribution >= 4 is 22.9 Å². The average molecular weight is 366 g/mol. The summed E-state index contributed by atoms with van der Waals surface area (Å²) in [5.74, 6) is -0.718. The number of oxazole rings is 1. The van der Waals surface area contributed by atoms with Gasteiger partial charge in [-0.3, -0.25) is 19.1 Å². The first-order chi connectivity index (χ1) is 13.0. The fraction of sp³-hybridized carbons (Fsp3) is 0.263. The molecule has 0 spiro atoms. The Hall–Kier alpha value is -3.42. The third-order valence-corrected chi connectivity index (χ3v) is 4.78. The smallest absolute Gasteiger partial charge is 0.408 e. The lowest BCUT2D eigenvalue weighted by Crippen LogP contribution is -2.50. The maximum Gasteiger partial charge on any atom is 0.419 e. The molecule has 1 aliphatic heterocycles. The minimum Gasteiger partial charge on any atom is -0.408 e. The number of benzene rings is 1. The lowest BCUT2D eigenvalue weighted by atomic mass is 10.1. The van der Waals surface area contributed by atoms with Crippen LogP contribution in [-0.4, -0.2) is 57.3 Å². The molecule has 3 heterocycles. The molecule has 0 saturated carbocycles. The number of rotatable bonds is 2. The van der Waals surface area contributed by atoms with E-state index in [4.69, 9.17) is 4.42 Å². The molecule has 3 aromatic rings. The summed E-state index contributed by atoms with van der Waals surface area (Å²) in [6.07, 6.45) is 1.59. The zero-order valence-electron chi connectivity index (χ0n) is 14.8. The molecule has 0 aliphatic carbocycles. The van der Waals surface area contributed by atoms with Crippen LogP contribution in [0.1, 0.15) is 20.8 Å². The number of hydrogen-bond acceptors (Lipinski definition) is 5. The van der Waals surface area contributed by atoms with Gasteiger partial charge in [-0.25, -0.2) is 4.79 Å². The van der Waals surface area contributed by atoms with Crippen LogP contribution in [0.3, 0.4) is 0 Å². The Balaban J connectivity index is 1.46. The molecular weight excluding hydrogens is 348 g/mol. The summed E-state index contributed by atoms with van der Waals surface area (Å²) < 4.78 is 6.46. The fourth-order valence-corrected chi connectivity index (χ4v) is 3.21. The Labute approximate surface area is 154 Å². The normalized spacial score (nSPS) is 14.6. The number of piperazine rings is 1. The van der Waals surface area contributed by atoms with Crippen molar-refractivity contribution in [1.29, 1.82) is 0 Å². The van der Waals surface area contributed by atoms with E-state index in [9.17, 15) is 14.4 Å². The van der Waals surface area contributed by atoms with Crippen LogP contribution in [0.2, 0.25) is 0 Å². The zero-order valence-corrected chi connectivity index (χ0v) is 14.8. The molecule has 2 aromatic heterocycles. The zero-order chi connectivity index (χ0) is 19.0. The van der Waals surface area contributed by atoms with Gasteiger partial charge < -0.3 is 14.2 Å². The molecule has 8 heteroatoms. The molecule has 2 amide bonds. The van der Waals surface area contributed by atoms with E-state index < -0.39 is 5.76 Å². The lowest BCUT2D eigenvalue weighted by Gasteiger charge is -2.34. The van der Waals surface area contributed by atoms with E-state index in [1.54, 1.807) is 59.4 Å². The van der Waals surface area contributed by atoms with Crippen molar-refractivity contribution in [2.75, 3.05) is 26.2 Å². The standard InChI is InChI=1S/C19H18N4O4/c1-21-15-12-13(5-6-16(15)27-19(21)26)17(24)22-8-10-23(11-9-22)18(25)14-4-2-3-7-20-14/h2-7,12H,8-11H2,1H3. The van der Waals surface area contributed by atoms with Crippen molar-refractivity contribution < 1.29 is 14.0 Å². The molecule has 4 rings (SSSR count). The van der Waals surface area contributed by atoms with Gasteiger partial charge in [0.15, 0.2) is 5.58 Å². The first kappa shape index (κ1) is 17.0.